The smallest absolute Gasteiger partial charge is 0.0298 e. The molecule has 4 aliphatic rings. The Morgan fingerprint density at radius 3 is 1.71 bits per heavy atom. The minimum Gasteiger partial charge on any atom is -0.0774 e. The van der Waals surface area contributed by atoms with Crippen molar-refractivity contribution in [3.63, 3.8) is 0 Å². The molecule has 1 heteroatoms. The van der Waals surface area contributed by atoms with E-state index in [1.54, 1.807) is 11.1 Å². The van der Waals surface area contributed by atoms with Gasteiger partial charge in [-0.1, -0.05) is 47.5 Å². The maximum absolute atomic E-state index is 2.53. The van der Waals surface area contributed by atoms with Gasteiger partial charge in [0.2, 0.25) is 0 Å². The first-order chi connectivity index (χ1) is 10.4. The quantitative estimate of drug-likeness (QED) is 0.611. The molecule has 0 aliphatic heterocycles. The lowest BCUT2D eigenvalue weighted by atomic mass is 9.89. The minimum atomic E-state index is 0.612. The van der Waals surface area contributed by atoms with Gasteiger partial charge in [0.1, 0.15) is 0 Å². The highest BCUT2D eigenvalue weighted by molar-refractivity contribution is 6.35. The first-order valence-corrected chi connectivity index (χ1v) is 10.7. The normalized spacial score (nSPS) is 31.0. The summed E-state index contributed by atoms with van der Waals surface area (Å²) in [7, 11) is 0.612. The van der Waals surface area contributed by atoms with Crippen LogP contribution in [0.25, 0.3) is 0 Å². The molecule has 0 N–H and O–H groups in total. The zero-order valence-electron chi connectivity index (χ0n) is 13.1. The van der Waals surface area contributed by atoms with Crippen LogP contribution in [0.15, 0.2) is 46.6 Å². The summed E-state index contributed by atoms with van der Waals surface area (Å²) in [5.74, 6) is 1.67. The lowest BCUT2D eigenvalue weighted by Crippen LogP contribution is -2.10. The molecule has 21 heavy (non-hydrogen) atoms. The van der Waals surface area contributed by atoms with Crippen LogP contribution < -0.4 is 0 Å². The van der Waals surface area contributed by atoms with Gasteiger partial charge in [0, 0.05) is 9.52 Å². The van der Waals surface area contributed by atoms with Gasteiger partial charge in [-0.15, -0.1) is 0 Å². The van der Waals surface area contributed by atoms with Gasteiger partial charge in [-0.3, -0.25) is 0 Å². The van der Waals surface area contributed by atoms with E-state index in [2.05, 4.69) is 24.3 Å². The van der Waals surface area contributed by atoms with Crippen molar-refractivity contribution in [2.24, 2.45) is 11.8 Å². The molecule has 0 aromatic carbocycles. The largest absolute Gasteiger partial charge is 0.0774 e. The Balaban J connectivity index is 1.31. The van der Waals surface area contributed by atoms with Crippen molar-refractivity contribution in [3.05, 3.63) is 46.6 Å². The molecule has 2 unspecified atom stereocenters. The van der Waals surface area contributed by atoms with Gasteiger partial charge in [0.05, 0.1) is 0 Å². The average Bonchev–Trinajstić information content (AvgIpc) is 3.13. The molecule has 0 fully saturated rings. The van der Waals surface area contributed by atoms with Gasteiger partial charge >= 0.3 is 0 Å². The number of hydrogen-bond acceptors (Lipinski definition) is 0. The van der Waals surface area contributed by atoms with E-state index in [0.29, 0.717) is 9.52 Å². The zero-order chi connectivity index (χ0) is 14.1. The Labute approximate surface area is 131 Å². The van der Waals surface area contributed by atoms with E-state index >= 15 is 0 Å². The summed E-state index contributed by atoms with van der Waals surface area (Å²) in [5, 5.41) is 0. The molecule has 0 amide bonds. The van der Waals surface area contributed by atoms with Gasteiger partial charge in [-0.2, -0.15) is 0 Å². The summed E-state index contributed by atoms with van der Waals surface area (Å²) < 4.78 is 0. The summed E-state index contributed by atoms with van der Waals surface area (Å²) in [6.45, 7) is 0. The number of allylic oxidation sites excluding steroid dienone is 8. The third kappa shape index (κ3) is 2.77. The average molecular weight is 296 g/mol. The minimum absolute atomic E-state index is 0.612. The van der Waals surface area contributed by atoms with Crippen LogP contribution >= 0.6 is 0 Å². The van der Waals surface area contributed by atoms with Crippen molar-refractivity contribution in [2.75, 3.05) is 0 Å². The molecule has 0 spiro atoms. The summed E-state index contributed by atoms with van der Waals surface area (Å²) in [4.78, 5) is 0. The van der Waals surface area contributed by atoms with E-state index < -0.39 is 0 Å². The van der Waals surface area contributed by atoms with Crippen LogP contribution in [0, 0.1) is 11.8 Å². The van der Waals surface area contributed by atoms with Gasteiger partial charge in [-0.05, 0) is 74.3 Å². The summed E-state index contributed by atoms with van der Waals surface area (Å²) >= 11 is 0. The Hall–Kier alpha value is -0.823. The second-order valence-electron chi connectivity index (χ2n) is 7.21. The molecule has 0 bridgehead atoms. The fourth-order valence-electron chi connectivity index (χ4n) is 4.73. The molecule has 4 rings (SSSR count). The Morgan fingerprint density at radius 1 is 0.714 bits per heavy atom. The van der Waals surface area contributed by atoms with Crippen LogP contribution in [0.2, 0.25) is 12.1 Å². The fraction of sp³-hybridized carbons (Fsp3) is 0.600. The van der Waals surface area contributed by atoms with Crippen molar-refractivity contribution in [3.8, 4) is 0 Å². The van der Waals surface area contributed by atoms with Crippen molar-refractivity contribution >= 4 is 9.52 Å². The SMILES string of the molecule is C1=CC(C[SiH]CC2C=CC3=C2CCCC3)C2=C1CCCC2. The molecular formula is C20H27Si. The van der Waals surface area contributed by atoms with Crippen molar-refractivity contribution in [1.82, 2.24) is 0 Å². The molecule has 0 aromatic rings. The van der Waals surface area contributed by atoms with Crippen LogP contribution in [0.5, 0.6) is 0 Å². The van der Waals surface area contributed by atoms with Gasteiger partial charge in [-0.25, -0.2) is 0 Å². The highest BCUT2D eigenvalue weighted by Crippen LogP contribution is 2.40. The van der Waals surface area contributed by atoms with Crippen LogP contribution in [-0.2, 0) is 0 Å². The lowest BCUT2D eigenvalue weighted by molar-refractivity contribution is 0.637. The predicted octanol–water partition coefficient (Wildman–Crippen LogP) is 5.37. The molecule has 1 radical (unpaired) electrons. The summed E-state index contributed by atoms with van der Waals surface area (Å²) in [6.07, 6.45) is 21.2. The molecule has 111 valence electrons. The molecule has 0 saturated carbocycles. The first-order valence-electron chi connectivity index (χ1n) is 9.04. The Kier molecular flexibility index (Phi) is 4.03. The zero-order valence-corrected chi connectivity index (χ0v) is 14.3. The third-order valence-electron chi connectivity index (χ3n) is 5.91. The maximum Gasteiger partial charge on any atom is 0.0298 e. The monoisotopic (exact) mass is 295 g/mol. The lowest BCUT2D eigenvalue weighted by Gasteiger charge is -2.21. The van der Waals surface area contributed by atoms with Crippen LogP contribution in [-0.4, -0.2) is 9.52 Å². The van der Waals surface area contributed by atoms with E-state index in [1.165, 1.54) is 63.5 Å². The number of rotatable bonds is 4. The fourth-order valence-corrected chi connectivity index (χ4v) is 6.52. The summed E-state index contributed by atoms with van der Waals surface area (Å²) in [6, 6.07) is 2.95. The standard InChI is InChI=1S/C20H27Si/c1-3-7-19-15(5-1)9-11-17(19)13-21-14-18-12-10-16-6-2-4-8-20(16)18/h9-12,17-18,21H,1-8,13-14H2. The molecule has 0 saturated heterocycles. The Morgan fingerprint density at radius 2 is 1.19 bits per heavy atom. The highest BCUT2D eigenvalue weighted by Gasteiger charge is 2.25. The first kappa shape index (κ1) is 13.8. The van der Waals surface area contributed by atoms with E-state index in [1.807, 2.05) is 11.1 Å². The van der Waals surface area contributed by atoms with Crippen LogP contribution in [0.1, 0.15) is 51.4 Å². The van der Waals surface area contributed by atoms with Crippen molar-refractivity contribution in [1.29, 1.82) is 0 Å². The van der Waals surface area contributed by atoms with Gasteiger partial charge < -0.3 is 0 Å². The maximum atomic E-state index is 2.53. The third-order valence-corrected chi connectivity index (χ3v) is 7.59. The molecule has 2 atom stereocenters. The van der Waals surface area contributed by atoms with E-state index in [4.69, 9.17) is 0 Å². The van der Waals surface area contributed by atoms with Gasteiger partial charge in [0.25, 0.3) is 0 Å². The second kappa shape index (κ2) is 6.12. The van der Waals surface area contributed by atoms with Crippen LogP contribution in [0.4, 0.5) is 0 Å². The Bertz CT molecular complexity index is 484. The van der Waals surface area contributed by atoms with Gasteiger partial charge in [0.15, 0.2) is 0 Å². The molecule has 0 heterocycles. The molecular weight excluding hydrogens is 268 g/mol. The van der Waals surface area contributed by atoms with Crippen molar-refractivity contribution < 1.29 is 0 Å². The van der Waals surface area contributed by atoms with Crippen molar-refractivity contribution in [2.45, 2.75) is 63.5 Å². The molecule has 0 nitrogen and oxygen atoms in total. The topological polar surface area (TPSA) is 0 Å². The van der Waals surface area contributed by atoms with Crippen LogP contribution in [0.3, 0.4) is 0 Å². The summed E-state index contributed by atoms with van der Waals surface area (Å²) in [5.41, 5.74) is 7.08. The van der Waals surface area contributed by atoms with E-state index in [0.717, 1.165) is 11.8 Å². The number of hydrogen-bond donors (Lipinski definition) is 0. The van der Waals surface area contributed by atoms with E-state index in [-0.39, 0.29) is 0 Å². The van der Waals surface area contributed by atoms with E-state index in [9.17, 15) is 0 Å². The second-order valence-corrected chi connectivity index (χ2v) is 8.73. The molecule has 0 aromatic heterocycles. The molecule has 4 aliphatic carbocycles. The predicted molar refractivity (Wildman–Crippen MR) is 93.0 cm³/mol. The highest BCUT2D eigenvalue weighted by atomic mass is 28.2.